The average Bonchev–Trinajstić information content (AvgIpc) is 4.18. The fraction of sp³-hybridized carbons (Fsp3) is 0.490. The number of amides is 4. The van der Waals surface area contributed by atoms with Gasteiger partial charge in [-0.3, -0.25) is 14.6 Å². The van der Waals surface area contributed by atoms with Crippen LogP contribution in [-0.4, -0.2) is 94.9 Å². The number of imidazole rings is 1. The van der Waals surface area contributed by atoms with Crippen molar-refractivity contribution in [2.75, 3.05) is 27.3 Å². The number of nitrogens with zero attached hydrogens (tertiary/aromatic N) is 4. The summed E-state index contributed by atoms with van der Waals surface area (Å²) in [5.41, 5.74) is 13.0. The number of allylic oxidation sites excluding steroid dienone is 1. The number of H-pyrrole nitrogens is 1. The molecule has 9 rings (SSSR count). The highest BCUT2D eigenvalue weighted by Gasteiger charge is 2.42. The molecule has 3 fully saturated rings. The SMILES string of the molecule is CCC(C)[C@H](NC(=O)OC)C(=O)N1CCC[C@H]1c1nc2ccc(-c3ccc(-c4ccc(C5=CN=C([C@@H]6CCCN6C(=O)[C@@H](NC(=O)OC)C(C)C)C5)cc4)c4c3C3CCC4C3)cc2[nH]1. The highest BCUT2D eigenvalue weighted by molar-refractivity contribution is 6.04. The van der Waals surface area contributed by atoms with Gasteiger partial charge in [0, 0.05) is 31.4 Å². The predicted octanol–water partition coefficient (Wildman–Crippen LogP) is 9.25. The second-order valence-electron chi connectivity index (χ2n) is 18.8. The molecule has 4 aromatic rings. The van der Waals surface area contributed by atoms with E-state index in [2.05, 4.69) is 70.2 Å². The van der Waals surface area contributed by atoms with Crippen LogP contribution in [0.4, 0.5) is 9.59 Å². The first-order valence-corrected chi connectivity index (χ1v) is 23.3. The van der Waals surface area contributed by atoms with E-state index in [0.29, 0.717) is 31.3 Å². The summed E-state index contributed by atoms with van der Waals surface area (Å²) >= 11 is 0. The first-order chi connectivity index (χ1) is 31.0. The maximum Gasteiger partial charge on any atom is 0.407 e. The maximum absolute atomic E-state index is 13.9. The monoisotopic (exact) mass is 867 g/mol. The number of fused-ring (bicyclic) bond motifs is 6. The lowest BCUT2D eigenvalue weighted by atomic mass is 9.81. The molecule has 3 aromatic carbocycles. The Morgan fingerprint density at radius 3 is 1.97 bits per heavy atom. The van der Waals surface area contributed by atoms with E-state index >= 15 is 0 Å². The zero-order valence-electron chi connectivity index (χ0n) is 37.9. The summed E-state index contributed by atoms with van der Waals surface area (Å²) in [6, 6.07) is 18.4. The van der Waals surface area contributed by atoms with E-state index in [9.17, 15) is 19.2 Å². The number of carbonyl (C=O) groups excluding carboxylic acids is 4. The number of rotatable bonds is 12. The topological polar surface area (TPSA) is 158 Å². The first-order valence-electron chi connectivity index (χ1n) is 23.3. The molecule has 64 heavy (non-hydrogen) atoms. The average molecular weight is 868 g/mol. The fourth-order valence-electron chi connectivity index (χ4n) is 11.2. The van der Waals surface area contributed by atoms with Crippen molar-refractivity contribution in [2.45, 2.75) is 121 Å². The number of carbonyl (C=O) groups is 4. The third-order valence-corrected chi connectivity index (χ3v) is 14.8. The number of aliphatic imine (C=N–C) groups is 1. The minimum absolute atomic E-state index is 0.0504. The summed E-state index contributed by atoms with van der Waals surface area (Å²) in [6.07, 6.45) is 9.21. The van der Waals surface area contributed by atoms with Crippen LogP contribution in [0.1, 0.15) is 126 Å². The largest absolute Gasteiger partial charge is 0.453 e. The van der Waals surface area contributed by atoms with Crippen LogP contribution < -0.4 is 10.6 Å². The van der Waals surface area contributed by atoms with Gasteiger partial charge in [0.2, 0.25) is 11.8 Å². The molecule has 5 aliphatic rings. The smallest absolute Gasteiger partial charge is 0.407 e. The van der Waals surface area contributed by atoms with Gasteiger partial charge in [-0.25, -0.2) is 14.6 Å². The summed E-state index contributed by atoms with van der Waals surface area (Å²) in [7, 11) is 2.63. The van der Waals surface area contributed by atoms with Crippen LogP contribution in [0.3, 0.4) is 0 Å². The van der Waals surface area contributed by atoms with Crippen molar-refractivity contribution in [1.82, 2.24) is 30.4 Å². The molecule has 0 radical (unpaired) electrons. The highest BCUT2D eigenvalue weighted by Crippen LogP contribution is 2.58. The molecule has 2 bridgehead atoms. The van der Waals surface area contributed by atoms with Crippen LogP contribution in [0.15, 0.2) is 65.8 Å². The molecule has 7 atom stereocenters. The standard InChI is InChI=1S/C51H61N7O6/c1-7-29(4)46(56-51(62)64-6)49(60)58-23-9-11-42(58)47-53-38-21-18-32(25-39(38)54-47)37-20-19-36(43-33-16-17-34(24-33)44(37)43)31-14-12-30(13-15-31)35-26-40(52-27-35)41-10-8-22-57(41)48(59)45(28(2)3)55-50(61)63-5/h12-15,18-21,25,27-29,33-34,41-42,45-46H,7-11,16-17,22-24,26H2,1-6H3,(H,53,54)(H,55,61)(H,56,62)/t29?,33?,34?,41-,42-,45-,46-/m0/s1. The number of nitrogens with one attached hydrogen (secondary N) is 3. The van der Waals surface area contributed by atoms with Gasteiger partial charge < -0.3 is 34.9 Å². The van der Waals surface area contributed by atoms with E-state index in [1.54, 1.807) is 0 Å². The molecule has 2 aliphatic carbocycles. The molecular formula is C51H61N7O6. The van der Waals surface area contributed by atoms with Crippen molar-refractivity contribution in [3.8, 4) is 22.3 Å². The number of likely N-dealkylation sites (tertiary alicyclic amines) is 2. The molecule has 2 saturated heterocycles. The number of hydrogen-bond acceptors (Lipinski definition) is 8. The minimum Gasteiger partial charge on any atom is -0.453 e. The van der Waals surface area contributed by atoms with Gasteiger partial charge in [0.05, 0.1) is 37.3 Å². The van der Waals surface area contributed by atoms with Gasteiger partial charge in [-0.05, 0) is 125 Å². The molecule has 13 nitrogen and oxygen atoms in total. The van der Waals surface area contributed by atoms with Gasteiger partial charge in [0.1, 0.15) is 17.9 Å². The van der Waals surface area contributed by atoms with E-state index in [1.807, 2.05) is 43.7 Å². The number of aromatic nitrogens is 2. The lowest BCUT2D eigenvalue weighted by molar-refractivity contribution is -0.136. The number of benzene rings is 3. The van der Waals surface area contributed by atoms with E-state index < -0.39 is 24.3 Å². The van der Waals surface area contributed by atoms with E-state index in [1.165, 1.54) is 61.3 Å². The summed E-state index contributed by atoms with van der Waals surface area (Å²) in [6.45, 7) is 9.11. The van der Waals surface area contributed by atoms with Gasteiger partial charge in [0.15, 0.2) is 0 Å². The van der Waals surface area contributed by atoms with E-state index in [4.69, 9.17) is 19.5 Å². The molecule has 336 valence electrons. The second-order valence-corrected chi connectivity index (χ2v) is 18.8. The van der Waals surface area contributed by atoms with Crippen LogP contribution >= 0.6 is 0 Å². The highest BCUT2D eigenvalue weighted by atomic mass is 16.5. The quantitative estimate of drug-likeness (QED) is 0.128. The normalized spacial score (nSPS) is 22.6. The fourth-order valence-corrected chi connectivity index (χ4v) is 11.2. The van der Waals surface area contributed by atoms with Crippen molar-refractivity contribution in [3.05, 3.63) is 83.3 Å². The zero-order chi connectivity index (χ0) is 44.8. The van der Waals surface area contributed by atoms with E-state index in [-0.39, 0.29) is 35.7 Å². The Balaban J connectivity index is 0.923. The van der Waals surface area contributed by atoms with Crippen molar-refractivity contribution in [1.29, 1.82) is 0 Å². The first kappa shape index (κ1) is 43.3. The number of hydrogen-bond donors (Lipinski definition) is 3. The van der Waals surface area contributed by atoms with Gasteiger partial charge in [-0.15, -0.1) is 0 Å². The van der Waals surface area contributed by atoms with Gasteiger partial charge in [-0.2, -0.15) is 0 Å². The summed E-state index contributed by atoms with van der Waals surface area (Å²) in [5.74, 6) is 1.53. The van der Waals surface area contributed by atoms with E-state index in [0.717, 1.165) is 71.4 Å². The molecular weight excluding hydrogens is 807 g/mol. The Morgan fingerprint density at radius 1 is 0.750 bits per heavy atom. The van der Waals surface area contributed by atoms with Crippen LogP contribution in [0.2, 0.25) is 0 Å². The Morgan fingerprint density at radius 2 is 1.33 bits per heavy atom. The predicted molar refractivity (Wildman–Crippen MR) is 248 cm³/mol. The lowest BCUT2D eigenvalue weighted by Crippen LogP contribution is -2.53. The van der Waals surface area contributed by atoms with Gasteiger partial charge in [-0.1, -0.05) is 76.6 Å². The van der Waals surface area contributed by atoms with Crippen LogP contribution in [0, 0.1) is 11.8 Å². The maximum atomic E-state index is 13.9. The third kappa shape index (κ3) is 7.95. The van der Waals surface area contributed by atoms with Crippen LogP contribution in [0.25, 0.3) is 38.9 Å². The van der Waals surface area contributed by atoms with Crippen molar-refractivity contribution >= 4 is 46.3 Å². The Hall–Kier alpha value is -5.98. The summed E-state index contributed by atoms with van der Waals surface area (Å²) < 4.78 is 9.67. The van der Waals surface area contributed by atoms with Gasteiger partial charge >= 0.3 is 12.2 Å². The molecule has 3 N–H and O–H groups in total. The molecule has 1 aromatic heterocycles. The Labute approximate surface area is 375 Å². The molecule has 4 amide bonds. The van der Waals surface area contributed by atoms with Crippen molar-refractivity contribution in [2.24, 2.45) is 16.8 Å². The van der Waals surface area contributed by atoms with Crippen molar-refractivity contribution in [3.63, 3.8) is 0 Å². The molecule has 3 aliphatic heterocycles. The molecule has 3 unspecified atom stereocenters. The lowest BCUT2D eigenvalue weighted by Gasteiger charge is -2.31. The Kier molecular flexibility index (Phi) is 12.1. The third-order valence-electron chi connectivity index (χ3n) is 14.8. The Bertz CT molecular complexity index is 2530. The number of alkyl carbamates (subject to hydrolysis) is 2. The molecule has 1 saturated carbocycles. The zero-order valence-corrected chi connectivity index (χ0v) is 37.9. The molecule has 0 spiro atoms. The summed E-state index contributed by atoms with van der Waals surface area (Å²) in [4.78, 5) is 69.2. The molecule has 13 heteroatoms. The number of methoxy groups -OCH3 is 2. The molecule has 4 heterocycles. The summed E-state index contributed by atoms with van der Waals surface area (Å²) in [5, 5.41) is 5.54. The van der Waals surface area contributed by atoms with Crippen molar-refractivity contribution < 1.29 is 28.7 Å². The second kappa shape index (κ2) is 17.9. The number of aromatic amines is 1. The number of ether oxygens (including phenoxy) is 2. The van der Waals surface area contributed by atoms with Gasteiger partial charge in [0.25, 0.3) is 0 Å². The van der Waals surface area contributed by atoms with Crippen LogP contribution in [0.5, 0.6) is 0 Å². The minimum atomic E-state index is -0.670. The van der Waals surface area contributed by atoms with Crippen LogP contribution in [-0.2, 0) is 19.1 Å².